The zero-order valence-electron chi connectivity index (χ0n) is 10.4. The van der Waals surface area contributed by atoms with Crippen molar-refractivity contribution in [2.45, 2.75) is 6.54 Å². The van der Waals surface area contributed by atoms with Crippen LogP contribution in [0, 0.1) is 0 Å². The van der Waals surface area contributed by atoms with Gasteiger partial charge in [-0.1, -0.05) is 18.2 Å². The Labute approximate surface area is 124 Å². The van der Waals surface area contributed by atoms with E-state index in [0.29, 0.717) is 12.5 Å². The van der Waals surface area contributed by atoms with E-state index >= 15 is 0 Å². The molecule has 0 aliphatic rings. The summed E-state index contributed by atoms with van der Waals surface area (Å²) in [6.07, 6.45) is 4.92. The lowest BCUT2D eigenvalue weighted by Gasteiger charge is -2.07. The predicted molar refractivity (Wildman–Crippen MR) is 78.4 cm³/mol. The van der Waals surface area contributed by atoms with Gasteiger partial charge >= 0.3 is 0 Å². The maximum Gasteiger partial charge on any atom is 0.223 e. The third kappa shape index (κ3) is 2.83. The molecule has 100 valence electrons. The summed E-state index contributed by atoms with van der Waals surface area (Å²) in [5, 5.41) is 7.35. The average molecular weight is 331 g/mol. The molecule has 3 rings (SSSR count). The second-order valence-corrected chi connectivity index (χ2v) is 4.92. The number of hydrogen-bond donors (Lipinski definition) is 1. The normalized spacial score (nSPS) is 10.4. The molecule has 0 radical (unpaired) electrons. The molecule has 7 heteroatoms. The summed E-state index contributed by atoms with van der Waals surface area (Å²) < 4.78 is 2.63. The van der Waals surface area contributed by atoms with E-state index in [1.54, 1.807) is 17.1 Å². The van der Waals surface area contributed by atoms with Crippen LogP contribution in [0.4, 0.5) is 5.95 Å². The standard InChI is InChI=1S/C13H11BrN6/c14-10-6-15-13(16-7-10)17-8-12-18-9-19-20(12)11-4-2-1-3-5-11/h1-7,9H,8H2,(H,15,16,17). The molecule has 0 spiro atoms. The first-order valence-electron chi connectivity index (χ1n) is 5.98. The van der Waals surface area contributed by atoms with Crippen molar-refractivity contribution < 1.29 is 0 Å². The number of aromatic nitrogens is 5. The number of para-hydroxylation sites is 1. The Morgan fingerprint density at radius 2 is 1.80 bits per heavy atom. The van der Waals surface area contributed by atoms with Crippen LogP contribution < -0.4 is 5.32 Å². The largest absolute Gasteiger partial charge is 0.347 e. The lowest BCUT2D eigenvalue weighted by Crippen LogP contribution is -2.10. The Kier molecular flexibility index (Phi) is 3.69. The van der Waals surface area contributed by atoms with Crippen molar-refractivity contribution in [2.24, 2.45) is 0 Å². The highest BCUT2D eigenvalue weighted by Gasteiger charge is 2.06. The van der Waals surface area contributed by atoms with E-state index in [-0.39, 0.29) is 0 Å². The molecule has 0 fully saturated rings. The second-order valence-electron chi connectivity index (χ2n) is 4.00. The van der Waals surface area contributed by atoms with E-state index in [1.165, 1.54) is 6.33 Å². The van der Waals surface area contributed by atoms with Crippen LogP contribution in [0.25, 0.3) is 5.69 Å². The second kappa shape index (κ2) is 5.79. The summed E-state index contributed by atoms with van der Waals surface area (Å²) in [5.41, 5.74) is 0.971. The number of rotatable bonds is 4. The van der Waals surface area contributed by atoms with Crippen molar-refractivity contribution in [1.29, 1.82) is 0 Å². The van der Waals surface area contributed by atoms with E-state index in [4.69, 9.17) is 0 Å². The van der Waals surface area contributed by atoms with E-state index < -0.39 is 0 Å². The zero-order valence-corrected chi connectivity index (χ0v) is 12.0. The maximum absolute atomic E-state index is 4.25. The summed E-state index contributed by atoms with van der Waals surface area (Å²) in [7, 11) is 0. The summed E-state index contributed by atoms with van der Waals surface area (Å²) in [6.45, 7) is 0.497. The molecule has 0 unspecified atom stereocenters. The maximum atomic E-state index is 4.25. The van der Waals surface area contributed by atoms with Crippen LogP contribution in [-0.2, 0) is 6.54 Å². The molecule has 0 saturated carbocycles. The van der Waals surface area contributed by atoms with Crippen molar-refractivity contribution in [3.05, 3.63) is 59.3 Å². The van der Waals surface area contributed by atoms with Gasteiger partial charge in [0.25, 0.3) is 0 Å². The first-order chi connectivity index (χ1) is 9.83. The van der Waals surface area contributed by atoms with Gasteiger partial charge in [0.15, 0.2) is 5.82 Å². The highest BCUT2D eigenvalue weighted by molar-refractivity contribution is 9.10. The first-order valence-corrected chi connectivity index (χ1v) is 6.78. The number of halogens is 1. The molecule has 0 aliphatic carbocycles. The fourth-order valence-electron chi connectivity index (χ4n) is 1.73. The molecule has 3 aromatic rings. The lowest BCUT2D eigenvalue weighted by molar-refractivity contribution is 0.801. The van der Waals surface area contributed by atoms with Crippen LogP contribution in [0.1, 0.15) is 5.82 Å². The molecule has 20 heavy (non-hydrogen) atoms. The molecular weight excluding hydrogens is 320 g/mol. The minimum atomic E-state index is 0.497. The highest BCUT2D eigenvalue weighted by Crippen LogP contribution is 2.10. The van der Waals surface area contributed by atoms with Crippen molar-refractivity contribution >= 4 is 21.9 Å². The van der Waals surface area contributed by atoms with Crippen LogP contribution in [0.2, 0.25) is 0 Å². The first kappa shape index (κ1) is 12.7. The number of nitrogens with zero attached hydrogens (tertiary/aromatic N) is 5. The molecular formula is C13H11BrN6. The summed E-state index contributed by atoms with van der Waals surface area (Å²) >= 11 is 3.30. The molecule has 0 saturated heterocycles. The molecule has 0 aliphatic heterocycles. The molecule has 2 heterocycles. The van der Waals surface area contributed by atoms with Crippen LogP contribution >= 0.6 is 15.9 Å². The molecule has 2 aromatic heterocycles. The summed E-state index contributed by atoms with van der Waals surface area (Å²) in [5.74, 6) is 1.35. The lowest BCUT2D eigenvalue weighted by atomic mass is 10.3. The van der Waals surface area contributed by atoms with Crippen molar-refractivity contribution in [3.8, 4) is 5.69 Å². The van der Waals surface area contributed by atoms with Crippen LogP contribution in [0.15, 0.2) is 53.5 Å². The molecule has 0 bridgehead atoms. The van der Waals surface area contributed by atoms with E-state index in [1.807, 2.05) is 30.3 Å². The van der Waals surface area contributed by atoms with Gasteiger partial charge in [-0.05, 0) is 28.1 Å². The smallest absolute Gasteiger partial charge is 0.223 e. The fourth-order valence-corrected chi connectivity index (χ4v) is 1.94. The predicted octanol–water partition coefficient (Wildman–Crippen LogP) is 2.43. The third-order valence-corrected chi connectivity index (χ3v) is 3.05. The number of hydrogen-bond acceptors (Lipinski definition) is 5. The Morgan fingerprint density at radius 3 is 2.55 bits per heavy atom. The number of anilines is 1. The number of benzene rings is 1. The van der Waals surface area contributed by atoms with E-state index in [9.17, 15) is 0 Å². The van der Waals surface area contributed by atoms with Gasteiger partial charge in [0.05, 0.1) is 16.7 Å². The van der Waals surface area contributed by atoms with Gasteiger partial charge in [0.2, 0.25) is 5.95 Å². The Balaban J connectivity index is 1.76. The van der Waals surface area contributed by atoms with Gasteiger partial charge in [0, 0.05) is 12.4 Å². The van der Waals surface area contributed by atoms with Crippen molar-refractivity contribution in [3.63, 3.8) is 0 Å². The van der Waals surface area contributed by atoms with Crippen LogP contribution in [-0.4, -0.2) is 24.7 Å². The zero-order chi connectivity index (χ0) is 13.8. The minimum absolute atomic E-state index is 0.497. The van der Waals surface area contributed by atoms with Crippen LogP contribution in [0.3, 0.4) is 0 Å². The Morgan fingerprint density at radius 1 is 1.05 bits per heavy atom. The molecule has 0 atom stereocenters. The van der Waals surface area contributed by atoms with Gasteiger partial charge < -0.3 is 5.32 Å². The molecule has 1 aromatic carbocycles. The quantitative estimate of drug-likeness (QED) is 0.795. The summed E-state index contributed by atoms with van der Waals surface area (Å²) in [4.78, 5) is 12.6. The van der Waals surface area contributed by atoms with Gasteiger partial charge in [-0.15, -0.1) is 0 Å². The molecule has 6 nitrogen and oxygen atoms in total. The van der Waals surface area contributed by atoms with Gasteiger partial charge in [-0.25, -0.2) is 19.6 Å². The van der Waals surface area contributed by atoms with Crippen LogP contribution in [0.5, 0.6) is 0 Å². The topological polar surface area (TPSA) is 68.5 Å². The van der Waals surface area contributed by atoms with Crippen molar-refractivity contribution in [2.75, 3.05) is 5.32 Å². The Bertz CT molecular complexity index is 680. The third-order valence-electron chi connectivity index (χ3n) is 2.64. The highest BCUT2D eigenvalue weighted by atomic mass is 79.9. The van der Waals surface area contributed by atoms with Gasteiger partial charge in [0.1, 0.15) is 6.33 Å². The van der Waals surface area contributed by atoms with E-state index in [2.05, 4.69) is 41.3 Å². The molecule has 0 amide bonds. The van der Waals surface area contributed by atoms with E-state index in [0.717, 1.165) is 16.0 Å². The minimum Gasteiger partial charge on any atom is -0.347 e. The monoisotopic (exact) mass is 330 g/mol. The SMILES string of the molecule is Brc1cnc(NCc2ncnn2-c2ccccc2)nc1. The average Bonchev–Trinajstić information content (AvgIpc) is 2.96. The summed E-state index contributed by atoms with van der Waals surface area (Å²) in [6, 6.07) is 9.86. The fraction of sp³-hybridized carbons (Fsp3) is 0.0769. The van der Waals surface area contributed by atoms with Crippen molar-refractivity contribution in [1.82, 2.24) is 24.7 Å². The van der Waals surface area contributed by atoms with Gasteiger partial charge in [-0.3, -0.25) is 0 Å². The Hall–Kier alpha value is -2.28. The molecule has 1 N–H and O–H groups in total. The van der Waals surface area contributed by atoms with Gasteiger partial charge in [-0.2, -0.15) is 5.10 Å². The number of nitrogens with one attached hydrogen (secondary N) is 1.